The van der Waals surface area contributed by atoms with Crippen LogP contribution in [-0.2, 0) is 4.74 Å². The van der Waals surface area contributed by atoms with Crippen molar-refractivity contribution >= 4 is 22.0 Å². The van der Waals surface area contributed by atoms with E-state index in [9.17, 15) is 4.79 Å². The van der Waals surface area contributed by atoms with E-state index in [0.717, 1.165) is 10.0 Å². The van der Waals surface area contributed by atoms with Crippen molar-refractivity contribution in [3.05, 3.63) is 34.3 Å². The SMILES string of the molecule is O=C1NC(c2cccc(Br)c2)CO1. The number of rotatable bonds is 1. The standard InChI is InChI=1S/C9H8BrNO2/c10-7-3-1-2-6(4-7)8-5-13-9(12)11-8/h1-4,8H,5H2,(H,11,12). The van der Waals surface area contributed by atoms with Crippen LogP contribution in [0.15, 0.2) is 28.7 Å². The van der Waals surface area contributed by atoms with Gasteiger partial charge in [0.05, 0.1) is 6.04 Å². The number of nitrogens with one attached hydrogen (secondary N) is 1. The van der Waals surface area contributed by atoms with Crippen molar-refractivity contribution in [1.29, 1.82) is 0 Å². The highest BCUT2D eigenvalue weighted by Gasteiger charge is 2.23. The van der Waals surface area contributed by atoms with Crippen LogP contribution in [0, 0.1) is 0 Å². The molecule has 4 heteroatoms. The second-order valence-corrected chi connectivity index (χ2v) is 3.77. The van der Waals surface area contributed by atoms with Gasteiger partial charge in [0, 0.05) is 4.47 Å². The van der Waals surface area contributed by atoms with Crippen LogP contribution >= 0.6 is 15.9 Å². The number of carbonyl (C=O) groups is 1. The van der Waals surface area contributed by atoms with E-state index in [1.165, 1.54) is 0 Å². The molecular weight excluding hydrogens is 234 g/mol. The van der Waals surface area contributed by atoms with Gasteiger partial charge in [-0.25, -0.2) is 4.79 Å². The first-order chi connectivity index (χ1) is 6.25. The number of halogens is 1. The Bertz CT molecular complexity index is 340. The molecule has 2 rings (SSSR count). The van der Waals surface area contributed by atoms with Gasteiger partial charge in [0.15, 0.2) is 0 Å². The average Bonchev–Trinajstić information content (AvgIpc) is 2.52. The first-order valence-corrected chi connectivity index (χ1v) is 4.74. The lowest BCUT2D eigenvalue weighted by atomic mass is 10.1. The molecule has 1 aromatic rings. The Morgan fingerprint density at radius 3 is 3.00 bits per heavy atom. The van der Waals surface area contributed by atoms with Gasteiger partial charge < -0.3 is 10.1 Å². The molecule has 1 amide bonds. The smallest absolute Gasteiger partial charge is 0.407 e. The van der Waals surface area contributed by atoms with Gasteiger partial charge in [-0.3, -0.25) is 0 Å². The van der Waals surface area contributed by atoms with Crippen molar-refractivity contribution in [3.8, 4) is 0 Å². The van der Waals surface area contributed by atoms with Crippen LogP contribution in [0.3, 0.4) is 0 Å². The van der Waals surface area contributed by atoms with E-state index in [4.69, 9.17) is 4.74 Å². The van der Waals surface area contributed by atoms with E-state index in [-0.39, 0.29) is 12.1 Å². The van der Waals surface area contributed by atoms with Crippen molar-refractivity contribution in [2.24, 2.45) is 0 Å². The van der Waals surface area contributed by atoms with Crippen molar-refractivity contribution < 1.29 is 9.53 Å². The summed E-state index contributed by atoms with van der Waals surface area (Å²) < 4.78 is 5.80. The molecule has 1 aliphatic rings. The molecule has 0 radical (unpaired) electrons. The van der Waals surface area contributed by atoms with Crippen LogP contribution in [0.4, 0.5) is 4.79 Å². The number of ether oxygens (including phenoxy) is 1. The second kappa shape index (κ2) is 3.38. The zero-order valence-electron chi connectivity index (χ0n) is 6.79. The molecule has 1 saturated heterocycles. The highest BCUT2D eigenvalue weighted by atomic mass is 79.9. The minimum absolute atomic E-state index is 0.00926. The minimum Gasteiger partial charge on any atom is -0.447 e. The fraction of sp³-hybridized carbons (Fsp3) is 0.222. The van der Waals surface area contributed by atoms with Gasteiger partial charge in [-0.1, -0.05) is 28.1 Å². The van der Waals surface area contributed by atoms with Gasteiger partial charge in [0.1, 0.15) is 6.61 Å². The van der Waals surface area contributed by atoms with Crippen LogP contribution in [-0.4, -0.2) is 12.7 Å². The summed E-state index contributed by atoms with van der Waals surface area (Å²) in [5.74, 6) is 0. The molecular formula is C9H8BrNO2. The predicted molar refractivity (Wildman–Crippen MR) is 51.4 cm³/mol. The van der Waals surface area contributed by atoms with Gasteiger partial charge in [0.2, 0.25) is 0 Å². The van der Waals surface area contributed by atoms with Crippen molar-refractivity contribution in [2.45, 2.75) is 6.04 Å². The third kappa shape index (κ3) is 1.83. The van der Waals surface area contributed by atoms with E-state index in [0.29, 0.717) is 6.61 Å². The van der Waals surface area contributed by atoms with Gasteiger partial charge in [-0.2, -0.15) is 0 Å². The molecule has 1 aromatic carbocycles. The summed E-state index contributed by atoms with van der Waals surface area (Å²) in [7, 11) is 0. The van der Waals surface area contributed by atoms with Crippen LogP contribution in [0.5, 0.6) is 0 Å². The third-order valence-corrected chi connectivity index (χ3v) is 2.42. The number of hydrogen-bond acceptors (Lipinski definition) is 2. The Hall–Kier alpha value is -1.03. The summed E-state index contributed by atoms with van der Waals surface area (Å²) >= 11 is 3.37. The Labute approximate surface area is 84.2 Å². The largest absolute Gasteiger partial charge is 0.447 e. The maximum atomic E-state index is 10.8. The molecule has 0 aliphatic carbocycles. The number of hydrogen-bond donors (Lipinski definition) is 1. The molecule has 1 aliphatic heterocycles. The third-order valence-electron chi connectivity index (χ3n) is 1.92. The summed E-state index contributed by atoms with van der Waals surface area (Å²) in [5, 5.41) is 2.72. The first kappa shape index (κ1) is 8.56. The van der Waals surface area contributed by atoms with E-state index >= 15 is 0 Å². The van der Waals surface area contributed by atoms with Crippen molar-refractivity contribution in [2.75, 3.05) is 6.61 Å². The molecule has 1 heterocycles. The van der Waals surface area contributed by atoms with Crippen LogP contribution in [0.2, 0.25) is 0 Å². The maximum Gasteiger partial charge on any atom is 0.407 e. The van der Waals surface area contributed by atoms with Crippen molar-refractivity contribution in [3.63, 3.8) is 0 Å². The fourth-order valence-electron chi connectivity index (χ4n) is 1.29. The molecule has 1 atom stereocenters. The normalized spacial score (nSPS) is 21.0. The molecule has 1 N–H and O–H groups in total. The summed E-state index contributed by atoms with van der Waals surface area (Å²) in [6.07, 6.45) is -0.343. The lowest BCUT2D eigenvalue weighted by molar-refractivity contribution is 0.177. The number of amides is 1. The topological polar surface area (TPSA) is 38.3 Å². The van der Waals surface area contributed by atoms with Crippen molar-refractivity contribution in [1.82, 2.24) is 5.32 Å². The monoisotopic (exact) mass is 241 g/mol. The van der Waals surface area contributed by atoms with E-state index in [2.05, 4.69) is 21.2 Å². The Kier molecular flexibility index (Phi) is 2.22. The molecule has 1 fully saturated rings. The molecule has 68 valence electrons. The average molecular weight is 242 g/mol. The molecule has 3 nitrogen and oxygen atoms in total. The highest BCUT2D eigenvalue weighted by molar-refractivity contribution is 9.10. The van der Waals surface area contributed by atoms with Gasteiger partial charge >= 0.3 is 6.09 Å². The number of benzene rings is 1. The molecule has 13 heavy (non-hydrogen) atoms. The maximum absolute atomic E-state index is 10.8. The lowest BCUT2D eigenvalue weighted by Gasteiger charge is -2.06. The zero-order valence-corrected chi connectivity index (χ0v) is 8.37. The number of alkyl carbamates (subject to hydrolysis) is 1. The predicted octanol–water partition coefficient (Wildman–Crippen LogP) is 2.23. The van der Waals surface area contributed by atoms with Crippen LogP contribution in [0.25, 0.3) is 0 Å². The van der Waals surface area contributed by atoms with Gasteiger partial charge in [-0.05, 0) is 17.7 Å². The molecule has 0 spiro atoms. The quantitative estimate of drug-likeness (QED) is 0.819. The van der Waals surface area contributed by atoms with Crippen LogP contribution < -0.4 is 5.32 Å². The van der Waals surface area contributed by atoms with Crippen LogP contribution in [0.1, 0.15) is 11.6 Å². The lowest BCUT2D eigenvalue weighted by Crippen LogP contribution is -2.18. The van der Waals surface area contributed by atoms with E-state index in [1.54, 1.807) is 0 Å². The molecule has 0 bridgehead atoms. The van der Waals surface area contributed by atoms with E-state index < -0.39 is 0 Å². The summed E-state index contributed by atoms with van der Waals surface area (Å²) in [4.78, 5) is 10.8. The summed E-state index contributed by atoms with van der Waals surface area (Å²) in [6.45, 7) is 0.412. The Balaban J connectivity index is 2.21. The summed E-state index contributed by atoms with van der Waals surface area (Å²) in [6, 6.07) is 7.81. The molecule has 0 saturated carbocycles. The molecule has 1 unspecified atom stereocenters. The summed E-state index contributed by atoms with van der Waals surface area (Å²) in [5.41, 5.74) is 1.06. The first-order valence-electron chi connectivity index (χ1n) is 3.94. The highest BCUT2D eigenvalue weighted by Crippen LogP contribution is 2.21. The minimum atomic E-state index is -0.343. The van der Waals surface area contributed by atoms with Gasteiger partial charge in [0.25, 0.3) is 0 Å². The Morgan fingerprint density at radius 1 is 1.54 bits per heavy atom. The fourth-order valence-corrected chi connectivity index (χ4v) is 1.70. The van der Waals surface area contributed by atoms with Gasteiger partial charge in [-0.15, -0.1) is 0 Å². The second-order valence-electron chi connectivity index (χ2n) is 2.85. The zero-order chi connectivity index (χ0) is 9.26. The molecule has 0 aromatic heterocycles. The van der Waals surface area contributed by atoms with E-state index in [1.807, 2.05) is 24.3 Å². The number of carbonyl (C=O) groups excluding carboxylic acids is 1. The number of cyclic esters (lactones) is 1. The Morgan fingerprint density at radius 2 is 2.38 bits per heavy atom.